The maximum absolute atomic E-state index is 12.8. The summed E-state index contributed by atoms with van der Waals surface area (Å²) in [7, 11) is 0. The highest BCUT2D eigenvalue weighted by atomic mass is 16.5. The molecule has 24 heavy (non-hydrogen) atoms. The van der Waals surface area contributed by atoms with Crippen LogP contribution in [0.1, 0.15) is 52.6 Å². The first kappa shape index (κ1) is 18.7. The SMILES string of the molecule is CCOc1cccc(C(C)NC(=O)C2(N)CC(OCC)C2(C)C)c1. The summed E-state index contributed by atoms with van der Waals surface area (Å²) in [6, 6.07) is 7.63. The third-order valence-electron chi connectivity index (χ3n) is 5.25. The number of nitrogens with two attached hydrogens (primary N) is 1. The van der Waals surface area contributed by atoms with Crippen molar-refractivity contribution in [1.82, 2.24) is 5.32 Å². The molecule has 2 rings (SSSR count). The van der Waals surface area contributed by atoms with E-state index in [0.717, 1.165) is 11.3 Å². The number of carbonyl (C=O) groups excluding carboxylic acids is 1. The van der Waals surface area contributed by atoms with Crippen LogP contribution in [0.4, 0.5) is 0 Å². The number of hydrogen-bond donors (Lipinski definition) is 2. The highest BCUT2D eigenvalue weighted by Gasteiger charge is 2.62. The molecule has 0 spiro atoms. The molecule has 0 heterocycles. The van der Waals surface area contributed by atoms with Crippen LogP contribution in [0.15, 0.2) is 24.3 Å². The minimum absolute atomic E-state index is 0.0230. The molecule has 1 amide bonds. The van der Waals surface area contributed by atoms with Crippen molar-refractivity contribution in [2.24, 2.45) is 11.1 Å². The minimum atomic E-state index is -0.904. The molecule has 1 aliphatic carbocycles. The van der Waals surface area contributed by atoms with Gasteiger partial charge in [0.1, 0.15) is 11.3 Å². The van der Waals surface area contributed by atoms with Gasteiger partial charge in [-0.05, 0) is 38.5 Å². The second-order valence-corrected chi connectivity index (χ2v) is 7.04. The van der Waals surface area contributed by atoms with E-state index in [1.165, 1.54) is 0 Å². The second kappa shape index (κ2) is 7.11. The van der Waals surface area contributed by atoms with E-state index in [4.69, 9.17) is 15.2 Å². The molecule has 3 atom stereocenters. The zero-order chi connectivity index (χ0) is 18.0. The topological polar surface area (TPSA) is 73.6 Å². The van der Waals surface area contributed by atoms with E-state index in [2.05, 4.69) is 5.32 Å². The summed E-state index contributed by atoms with van der Waals surface area (Å²) in [6.07, 6.45) is 0.570. The summed E-state index contributed by atoms with van der Waals surface area (Å²) in [6.45, 7) is 11.1. The van der Waals surface area contributed by atoms with Crippen molar-refractivity contribution in [3.63, 3.8) is 0 Å². The molecule has 1 fully saturated rings. The second-order valence-electron chi connectivity index (χ2n) is 7.04. The summed E-state index contributed by atoms with van der Waals surface area (Å²) in [5.41, 5.74) is 6.14. The van der Waals surface area contributed by atoms with Gasteiger partial charge < -0.3 is 20.5 Å². The number of nitrogens with one attached hydrogen (secondary N) is 1. The molecule has 1 saturated carbocycles. The number of hydrogen-bond acceptors (Lipinski definition) is 4. The van der Waals surface area contributed by atoms with Crippen molar-refractivity contribution in [2.45, 2.75) is 58.7 Å². The van der Waals surface area contributed by atoms with E-state index >= 15 is 0 Å². The molecule has 1 aromatic rings. The Kier molecular flexibility index (Phi) is 5.56. The average Bonchev–Trinajstić information content (AvgIpc) is 2.55. The molecule has 1 aliphatic rings. The number of carbonyl (C=O) groups is 1. The maximum atomic E-state index is 12.8. The minimum Gasteiger partial charge on any atom is -0.494 e. The van der Waals surface area contributed by atoms with Crippen molar-refractivity contribution in [2.75, 3.05) is 13.2 Å². The van der Waals surface area contributed by atoms with Gasteiger partial charge in [-0.3, -0.25) is 4.79 Å². The van der Waals surface area contributed by atoms with Crippen LogP contribution in [0.25, 0.3) is 0 Å². The molecule has 3 N–H and O–H groups in total. The van der Waals surface area contributed by atoms with E-state index in [0.29, 0.717) is 19.6 Å². The van der Waals surface area contributed by atoms with Crippen LogP contribution in [0.3, 0.4) is 0 Å². The van der Waals surface area contributed by atoms with E-state index in [1.807, 2.05) is 58.9 Å². The van der Waals surface area contributed by atoms with Crippen molar-refractivity contribution in [3.8, 4) is 5.75 Å². The average molecular weight is 334 g/mol. The summed E-state index contributed by atoms with van der Waals surface area (Å²) < 4.78 is 11.2. The lowest BCUT2D eigenvalue weighted by Crippen LogP contribution is -2.75. The predicted molar refractivity (Wildman–Crippen MR) is 94.9 cm³/mol. The zero-order valence-electron chi connectivity index (χ0n) is 15.4. The van der Waals surface area contributed by atoms with Gasteiger partial charge in [-0.25, -0.2) is 0 Å². The quantitative estimate of drug-likeness (QED) is 0.804. The lowest BCUT2D eigenvalue weighted by Gasteiger charge is -2.57. The van der Waals surface area contributed by atoms with Crippen LogP contribution in [-0.4, -0.2) is 30.8 Å². The van der Waals surface area contributed by atoms with Crippen LogP contribution in [0.2, 0.25) is 0 Å². The fraction of sp³-hybridized carbons (Fsp3) is 0.632. The molecule has 1 aromatic carbocycles. The normalized spacial score (nSPS) is 26.3. The van der Waals surface area contributed by atoms with E-state index < -0.39 is 5.54 Å². The largest absolute Gasteiger partial charge is 0.494 e. The summed E-state index contributed by atoms with van der Waals surface area (Å²) >= 11 is 0. The fourth-order valence-corrected chi connectivity index (χ4v) is 3.27. The Hall–Kier alpha value is -1.59. The molecular formula is C19H30N2O3. The van der Waals surface area contributed by atoms with Gasteiger partial charge in [0.05, 0.1) is 18.8 Å². The number of amides is 1. The van der Waals surface area contributed by atoms with Crippen LogP contribution in [-0.2, 0) is 9.53 Å². The van der Waals surface area contributed by atoms with E-state index in [-0.39, 0.29) is 23.5 Å². The van der Waals surface area contributed by atoms with Gasteiger partial charge in [0.25, 0.3) is 0 Å². The van der Waals surface area contributed by atoms with Crippen LogP contribution in [0.5, 0.6) is 5.75 Å². The Labute approximate surface area is 144 Å². The molecule has 0 saturated heterocycles. The van der Waals surface area contributed by atoms with Gasteiger partial charge in [-0.1, -0.05) is 26.0 Å². The maximum Gasteiger partial charge on any atom is 0.241 e. The van der Waals surface area contributed by atoms with Crippen molar-refractivity contribution >= 4 is 5.91 Å². The molecule has 0 bridgehead atoms. The third kappa shape index (κ3) is 3.28. The molecule has 0 aromatic heterocycles. The summed E-state index contributed by atoms with van der Waals surface area (Å²) in [5, 5.41) is 3.05. The molecule has 5 heteroatoms. The Morgan fingerprint density at radius 1 is 1.38 bits per heavy atom. The molecule has 0 radical (unpaired) electrons. The van der Waals surface area contributed by atoms with Crippen LogP contribution in [0, 0.1) is 5.41 Å². The van der Waals surface area contributed by atoms with Gasteiger partial charge in [0, 0.05) is 18.4 Å². The van der Waals surface area contributed by atoms with Crippen molar-refractivity contribution in [1.29, 1.82) is 0 Å². The van der Waals surface area contributed by atoms with Gasteiger partial charge >= 0.3 is 0 Å². The molecular weight excluding hydrogens is 304 g/mol. The van der Waals surface area contributed by atoms with Gasteiger partial charge in [0.2, 0.25) is 5.91 Å². The fourth-order valence-electron chi connectivity index (χ4n) is 3.27. The number of benzene rings is 1. The van der Waals surface area contributed by atoms with Gasteiger partial charge in [-0.2, -0.15) is 0 Å². The first-order valence-electron chi connectivity index (χ1n) is 8.70. The Bertz CT molecular complexity index is 588. The first-order chi connectivity index (χ1) is 11.3. The molecule has 0 aliphatic heterocycles. The lowest BCUT2D eigenvalue weighted by atomic mass is 9.54. The third-order valence-corrected chi connectivity index (χ3v) is 5.25. The van der Waals surface area contributed by atoms with Crippen molar-refractivity contribution < 1.29 is 14.3 Å². The van der Waals surface area contributed by atoms with E-state index in [1.54, 1.807) is 0 Å². The monoisotopic (exact) mass is 334 g/mol. The molecule has 134 valence electrons. The smallest absolute Gasteiger partial charge is 0.241 e. The predicted octanol–water partition coefficient (Wildman–Crippen LogP) is 2.80. The number of ether oxygens (including phenoxy) is 2. The van der Waals surface area contributed by atoms with Gasteiger partial charge in [-0.15, -0.1) is 0 Å². The molecule has 5 nitrogen and oxygen atoms in total. The summed E-state index contributed by atoms with van der Waals surface area (Å²) in [5.74, 6) is 0.678. The Morgan fingerprint density at radius 3 is 2.67 bits per heavy atom. The van der Waals surface area contributed by atoms with Crippen LogP contribution >= 0.6 is 0 Å². The molecule has 3 unspecified atom stereocenters. The summed E-state index contributed by atoms with van der Waals surface area (Å²) in [4.78, 5) is 12.8. The van der Waals surface area contributed by atoms with Gasteiger partial charge in [0.15, 0.2) is 0 Å². The highest BCUT2D eigenvalue weighted by Crippen LogP contribution is 2.50. The standard InChI is InChI=1S/C19H30N2O3/c1-6-23-15-10-8-9-14(11-15)13(3)21-17(22)19(20)12-16(24-7-2)18(19,4)5/h8-11,13,16H,6-7,12,20H2,1-5H3,(H,21,22). The highest BCUT2D eigenvalue weighted by molar-refractivity contribution is 5.89. The van der Waals surface area contributed by atoms with E-state index in [9.17, 15) is 4.79 Å². The number of rotatable bonds is 7. The first-order valence-corrected chi connectivity index (χ1v) is 8.70. The zero-order valence-corrected chi connectivity index (χ0v) is 15.4. The van der Waals surface area contributed by atoms with Crippen LogP contribution < -0.4 is 15.8 Å². The van der Waals surface area contributed by atoms with Crippen molar-refractivity contribution in [3.05, 3.63) is 29.8 Å². The Balaban J connectivity index is 2.05. The Morgan fingerprint density at radius 2 is 2.08 bits per heavy atom. The lowest BCUT2D eigenvalue weighted by molar-refractivity contribution is -0.171.